The molecule has 3 atom stereocenters. The molecule has 1 aliphatic heterocycles. The van der Waals surface area contributed by atoms with Gasteiger partial charge in [0.05, 0.1) is 11.0 Å². The number of ether oxygens (including phenoxy) is 1. The number of halogens is 1. The van der Waals surface area contributed by atoms with Gasteiger partial charge in [-0.2, -0.15) is 0 Å². The second-order valence-corrected chi connectivity index (χ2v) is 7.51. The molecule has 0 aliphatic carbocycles. The van der Waals surface area contributed by atoms with E-state index in [4.69, 9.17) is 16.3 Å². The SMILES string of the molecule is O=c1[nH]cc(C2CC(Cn3ccc4ccccc43)CC(Cl)O2)s1. The van der Waals surface area contributed by atoms with E-state index in [9.17, 15) is 4.79 Å². The first-order chi connectivity index (χ1) is 11.2. The van der Waals surface area contributed by atoms with Crippen LogP contribution in [0.1, 0.15) is 23.8 Å². The highest BCUT2D eigenvalue weighted by Gasteiger charge is 2.30. The lowest BCUT2D eigenvalue weighted by atomic mass is 9.94. The molecular weight excluding hydrogens is 332 g/mol. The Morgan fingerprint density at radius 3 is 3.00 bits per heavy atom. The number of alkyl halides is 1. The quantitative estimate of drug-likeness (QED) is 0.723. The van der Waals surface area contributed by atoms with Crippen LogP contribution in [0.15, 0.2) is 47.5 Å². The Balaban J connectivity index is 1.55. The van der Waals surface area contributed by atoms with E-state index < -0.39 is 0 Å². The maximum absolute atomic E-state index is 11.4. The molecule has 120 valence electrons. The highest BCUT2D eigenvalue weighted by molar-refractivity contribution is 7.09. The number of aromatic nitrogens is 2. The average molecular weight is 349 g/mol. The van der Waals surface area contributed by atoms with Gasteiger partial charge in [-0.05, 0) is 36.3 Å². The van der Waals surface area contributed by atoms with Crippen molar-refractivity contribution in [2.45, 2.75) is 31.1 Å². The number of H-pyrrole nitrogens is 1. The fraction of sp³-hybridized carbons (Fsp3) is 0.353. The van der Waals surface area contributed by atoms with Crippen molar-refractivity contribution in [2.75, 3.05) is 0 Å². The molecule has 1 fully saturated rings. The largest absolute Gasteiger partial charge is 0.354 e. The first-order valence-electron chi connectivity index (χ1n) is 7.71. The van der Waals surface area contributed by atoms with Crippen molar-refractivity contribution >= 4 is 33.8 Å². The summed E-state index contributed by atoms with van der Waals surface area (Å²) in [5.41, 5.74) is 0.936. The minimum atomic E-state index is -0.308. The number of nitrogens with zero attached hydrogens (tertiary/aromatic N) is 1. The monoisotopic (exact) mass is 348 g/mol. The number of para-hydroxylation sites is 1. The number of benzene rings is 1. The molecule has 4 rings (SSSR count). The van der Waals surface area contributed by atoms with Crippen molar-refractivity contribution in [3.8, 4) is 0 Å². The van der Waals surface area contributed by atoms with Crippen molar-refractivity contribution in [2.24, 2.45) is 5.92 Å². The van der Waals surface area contributed by atoms with Gasteiger partial charge in [0.1, 0.15) is 5.56 Å². The third-order valence-electron chi connectivity index (χ3n) is 4.37. The molecular formula is C17H17ClN2O2S. The van der Waals surface area contributed by atoms with Crippen LogP contribution in [0.3, 0.4) is 0 Å². The fourth-order valence-corrected chi connectivity index (χ4v) is 4.42. The van der Waals surface area contributed by atoms with Crippen molar-refractivity contribution in [1.82, 2.24) is 9.55 Å². The molecule has 0 bridgehead atoms. The summed E-state index contributed by atoms with van der Waals surface area (Å²) < 4.78 is 8.11. The van der Waals surface area contributed by atoms with E-state index in [2.05, 4.69) is 46.1 Å². The standard InChI is InChI=1S/C17H17ClN2O2S/c18-16-8-11(7-14(22-16)15-9-19-17(21)23-15)10-20-6-5-12-3-1-2-4-13(12)20/h1-6,9,11,14,16H,7-8,10H2,(H,19,21). The minimum absolute atomic E-state index is 0.0479. The van der Waals surface area contributed by atoms with Crippen LogP contribution in [0.4, 0.5) is 0 Å². The fourth-order valence-electron chi connectivity index (χ4n) is 3.32. The van der Waals surface area contributed by atoms with E-state index >= 15 is 0 Å². The molecule has 1 aliphatic rings. The highest BCUT2D eigenvalue weighted by Crippen LogP contribution is 2.38. The second-order valence-electron chi connectivity index (χ2n) is 5.98. The molecule has 0 saturated carbocycles. The van der Waals surface area contributed by atoms with Gasteiger partial charge >= 0.3 is 4.87 Å². The van der Waals surface area contributed by atoms with E-state index in [0.29, 0.717) is 5.92 Å². The van der Waals surface area contributed by atoms with E-state index in [1.807, 2.05) is 0 Å². The van der Waals surface area contributed by atoms with Gasteiger partial charge < -0.3 is 14.3 Å². The number of rotatable bonds is 3. The molecule has 6 heteroatoms. The first kappa shape index (κ1) is 15.0. The summed E-state index contributed by atoms with van der Waals surface area (Å²) in [6.45, 7) is 0.913. The summed E-state index contributed by atoms with van der Waals surface area (Å²) in [5, 5.41) is 1.25. The maximum atomic E-state index is 11.4. The summed E-state index contributed by atoms with van der Waals surface area (Å²) in [7, 11) is 0. The molecule has 4 nitrogen and oxygen atoms in total. The van der Waals surface area contributed by atoms with Crippen LogP contribution in [-0.4, -0.2) is 15.1 Å². The Morgan fingerprint density at radius 1 is 1.30 bits per heavy atom. The van der Waals surface area contributed by atoms with Gasteiger partial charge in [0, 0.05) is 24.5 Å². The molecule has 3 unspecified atom stereocenters. The van der Waals surface area contributed by atoms with Crippen LogP contribution in [-0.2, 0) is 11.3 Å². The first-order valence-corrected chi connectivity index (χ1v) is 8.96. The van der Waals surface area contributed by atoms with Gasteiger partial charge in [-0.25, -0.2) is 0 Å². The van der Waals surface area contributed by atoms with E-state index in [1.54, 1.807) is 6.20 Å². The Kier molecular flexibility index (Phi) is 4.01. The van der Waals surface area contributed by atoms with Crippen LogP contribution in [0, 0.1) is 5.92 Å². The van der Waals surface area contributed by atoms with E-state index in [1.165, 1.54) is 22.2 Å². The Labute approximate surface area is 142 Å². The smallest absolute Gasteiger partial charge is 0.304 e. The summed E-state index contributed by atoms with van der Waals surface area (Å²) >= 11 is 7.51. The zero-order valence-electron chi connectivity index (χ0n) is 12.4. The van der Waals surface area contributed by atoms with Gasteiger partial charge in [-0.15, -0.1) is 0 Å². The third kappa shape index (κ3) is 3.09. The molecule has 1 saturated heterocycles. The number of aromatic amines is 1. The summed E-state index contributed by atoms with van der Waals surface area (Å²) in [4.78, 5) is 15.0. The normalized spacial score (nSPS) is 25.0. The van der Waals surface area contributed by atoms with Crippen LogP contribution < -0.4 is 4.87 Å². The summed E-state index contributed by atoms with van der Waals surface area (Å²) in [6.07, 6.45) is 5.48. The Morgan fingerprint density at radius 2 is 2.17 bits per heavy atom. The van der Waals surface area contributed by atoms with Crippen LogP contribution in [0.25, 0.3) is 10.9 Å². The zero-order valence-corrected chi connectivity index (χ0v) is 14.0. The molecule has 2 aromatic heterocycles. The number of hydrogen-bond acceptors (Lipinski definition) is 3. The second kappa shape index (κ2) is 6.15. The molecule has 3 aromatic rings. The number of thiazole rings is 1. The lowest BCUT2D eigenvalue weighted by Gasteiger charge is -2.32. The van der Waals surface area contributed by atoms with Crippen molar-refractivity contribution in [3.05, 3.63) is 57.3 Å². The Bertz CT molecular complexity index is 868. The summed E-state index contributed by atoms with van der Waals surface area (Å²) in [6, 6.07) is 10.5. The molecule has 3 heterocycles. The zero-order chi connectivity index (χ0) is 15.8. The number of fused-ring (bicyclic) bond motifs is 1. The lowest BCUT2D eigenvalue weighted by molar-refractivity contribution is -0.0345. The molecule has 1 aromatic carbocycles. The molecule has 0 spiro atoms. The van der Waals surface area contributed by atoms with Crippen LogP contribution in [0.2, 0.25) is 0 Å². The average Bonchev–Trinajstić information content (AvgIpc) is 3.14. The van der Waals surface area contributed by atoms with Gasteiger partial charge in [0.25, 0.3) is 0 Å². The third-order valence-corrected chi connectivity index (χ3v) is 5.57. The minimum Gasteiger partial charge on any atom is -0.354 e. The maximum Gasteiger partial charge on any atom is 0.304 e. The van der Waals surface area contributed by atoms with Crippen molar-refractivity contribution in [3.63, 3.8) is 0 Å². The highest BCUT2D eigenvalue weighted by atomic mass is 35.5. The molecule has 0 radical (unpaired) electrons. The van der Waals surface area contributed by atoms with Gasteiger partial charge in [0.2, 0.25) is 0 Å². The molecule has 0 amide bonds. The van der Waals surface area contributed by atoms with Gasteiger partial charge in [0.15, 0.2) is 0 Å². The Hall–Kier alpha value is -1.56. The van der Waals surface area contributed by atoms with Crippen LogP contribution >= 0.6 is 22.9 Å². The lowest BCUT2D eigenvalue weighted by Crippen LogP contribution is -2.27. The van der Waals surface area contributed by atoms with Crippen molar-refractivity contribution in [1.29, 1.82) is 0 Å². The van der Waals surface area contributed by atoms with Crippen LogP contribution in [0.5, 0.6) is 0 Å². The predicted octanol–water partition coefficient (Wildman–Crippen LogP) is 4.12. The van der Waals surface area contributed by atoms with Crippen molar-refractivity contribution < 1.29 is 4.74 Å². The summed E-state index contributed by atoms with van der Waals surface area (Å²) in [5.74, 6) is 0.421. The van der Waals surface area contributed by atoms with Gasteiger partial charge in [-0.3, -0.25) is 4.79 Å². The number of nitrogens with one attached hydrogen (secondary N) is 1. The van der Waals surface area contributed by atoms with Gasteiger partial charge in [-0.1, -0.05) is 41.1 Å². The topological polar surface area (TPSA) is 47.0 Å². The molecule has 1 N–H and O–H groups in total. The predicted molar refractivity (Wildman–Crippen MR) is 93.1 cm³/mol. The number of hydrogen-bond donors (Lipinski definition) is 1. The molecule has 23 heavy (non-hydrogen) atoms. The van der Waals surface area contributed by atoms with E-state index in [-0.39, 0.29) is 16.5 Å². The van der Waals surface area contributed by atoms with E-state index in [0.717, 1.165) is 24.3 Å².